The van der Waals surface area contributed by atoms with Crippen LogP contribution in [-0.4, -0.2) is 12.3 Å². The monoisotopic (exact) mass is 714 g/mol. The number of hydrogen-bond donors (Lipinski definition) is 0. The Morgan fingerprint density at radius 3 is 2.13 bits per heavy atom. The molecule has 0 saturated heterocycles. The molecule has 4 aliphatic carbocycles. The molecule has 6 aliphatic rings. The zero-order chi connectivity index (χ0) is 34.2. The van der Waals surface area contributed by atoms with Crippen LogP contribution in [0, 0.1) is 11.8 Å². The van der Waals surface area contributed by atoms with E-state index in [0.29, 0.717) is 11.8 Å². The fourth-order valence-corrected chi connectivity index (χ4v) is 18.5. The van der Waals surface area contributed by atoms with E-state index in [1.165, 1.54) is 102 Å². The van der Waals surface area contributed by atoms with Gasteiger partial charge in [-0.1, -0.05) is 113 Å². The van der Waals surface area contributed by atoms with Crippen LogP contribution in [0.4, 0.5) is 0 Å². The van der Waals surface area contributed by atoms with Crippen LogP contribution in [0.5, 0.6) is 0 Å². The van der Waals surface area contributed by atoms with Crippen molar-refractivity contribution in [1.82, 2.24) is 0 Å². The molecule has 52 heavy (non-hydrogen) atoms. The highest BCUT2D eigenvalue weighted by Crippen LogP contribution is 2.57. The molecule has 0 spiro atoms. The first-order chi connectivity index (χ1) is 25.7. The molecular formula is C50H52P2. The Kier molecular flexibility index (Phi) is 8.33. The first-order valence-electron chi connectivity index (χ1n) is 20.8. The highest BCUT2D eigenvalue weighted by molar-refractivity contribution is 7.71. The summed E-state index contributed by atoms with van der Waals surface area (Å²) in [5.74, 6) is 2.70. The predicted molar refractivity (Wildman–Crippen MR) is 223 cm³/mol. The van der Waals surface area contributed by atoms with Gasteiger partial charge in [0.25, 0.3) is 0 Å². The first-order valence-corrected chi connectivity index (χ1v) is 24.2. The molecular weight excluding hydrogens is 662 g/mol. The number of rotatable bonds is 2. The Labute approximate surface area is 314 Å². The molecule has 5 aromatic rings. The standard InChI is InChI=1S/C50H52P2/c1-3-13-41-35(9-1)23-25-39-31-52(32-40-26-24-36-10-2-4-14-42(36)50(40)49(39)41)48-18-6-5-17-47(48)51-29-33-19-21-37-11-7-15-43(45(37)27-33)44-16-8-12-38-22-20-34(30-51)28-46(38)44/h1,3,5-7,9,11,13,15,17-18,20,22,24,26,28,33,39,44,49H,2,4,8,10,12,14,16,19,21,23,25,27,29-32H2/t33?,39-,44?,49?,51?,52?/m1/s1. The molecule has 4 bridgehead atoms. The molecule has 2 heteroatoms. The lowest BCUT2D eigenvalue weighted by molar-refractivity contribution is 0.449. The summed E-state index contributed by atoms with van der Waals surface area (Å²) in [5.41, 5.74) is 20.2. The largest absolute Gasteiger partial charge is 0.0699 e. The molecule has 5 aromatic carbocycles. The Hall–Kier alpha value is -3.04. The van der Waals surface area contributed by atoms with Gasteiger partial charge in [0.2, 0.25) is 0 Å². The second-order valence-electron chi connectivity index (χ2n) is 17.3. The smallest absolute Gasteiger partial charge is 0.0130 e. The Bertz CT molecular complexity index is 2150. The van der Waals surface area contributed by atoms with Crippen LogP contribution in [0.1, 0.15) is 117 Å². The molecule has 0 amide bonds. The van der Waals surface area contributed by atoms with Crippen LogP contribution in [0.25, 0.3) is 0 Å². The Morgan fingerprint density at radius 1 is 0.481 bits per heavy atom. The van der Waals surface area contributed by atoms with Crippen molar-refractivity contribution in [3.8, 4) is 0 Å². The van der Waals surface area contributed by atoms with Gasteiger partial charge in [-0.2, -0.15) is 0 Å². The van der Waals surface area contributed by atoms with E-state index in [1.807, 2.05) is 0 Å². The van der Waals surface area contributed by atoms with Crippen molar-refractivity contribution < 1.29 is 0 Å². The van der Waals surface area contributed by atoms with Crippen LogP contribution < -0.4 is 10.6 Å². The average molecular weight is 715 g/mol. The van der Waals surface area contributed by atoms with Gasteiger partial charge in [-0.15, -0.1) is 0 Å². The summed E-state index contributed by atoms with van der Waals surface area (Å²) >= 11 is 0. The quantitative estimate of drug-likeness (QED) is 0.160. The van der Waals surface area contributed by atoms with Crippen molar-refractivity contribution in [2.75, 3.05) is 12.3 Å². The average Bonchev–Trinajstić information content (AvgIpc) is 3.38. The van der Waals surface area contributed by atoms with E-state index in [1.54, 1.807) is 77.4 Å². The molecule has 0 fully saturated rings. The highest BCUT2D eigenvalue weighted by Gasteiger charge is 2.40. The van der Waals surface area contributed by atoms with Crippen molar-refractivity contribution in [2.45, 2.75) is 101 Å². The van der Waals surface area contributed by atoms with E-state index >= 15 is 0 Å². The van der Waals surface area contributed by atoms with E-state index in [9.17, 15) is 0 Å². The maximum absolute atomic E-state index is 2.70. The van der Waals surface area contributed by atoms with Gasteiger partial charge in [-0.05, 0) is 191 Å². The fraction of sp³-hybridized carbons (Fsp3) is 0.400. The lowest BCUT2D eigenvalue weighted by Gasteiger charge is -2.36. The van der Waals surface area contributed by atoms with Crippen molar-refractivity contribution >= 4 is 26.5 Å². The molecule has 0 aromatic heterocycles. The van der Waals surface area contributed by atoms with Crippen molar-refractivity contribution in [1.29, 1.82) is 0 Å². The van der Waals surface area contributed by atoms with Gasteiger partial charge in [-0.25, -0.2) is 0 Å². The molecule has 6 atom stereocenters. The summed E-state index contributed by atoms with van der Waals surface area (Å²) < 4.78 is 0. The van der Waals surface area contributed by atoms with Crippen molar-refractivity contribution in [2.24, 2.45) is 11.8 Å². The lowest BCUT2D eigenvalue weighted by atomic mass is 9.69. The highest BCUT2D eigenvalue weighted by atomic mass is 31.1. The molecule has 0 N–H and O–H groups in total. The van der Waals surface area contributed by atoms with Gasteiger partial charge >= 0.3 is 0 Å². The fourth-order valence-electron chi connectivity index (χ4n) is 12.0. The Morgan fingerprint density at radius 2 is 1.19 bits per heavy atom. The molecule has 2 heterocycles. The Balaban J connectivity index is 1.02. The number of hydrogen-bond acceptors (Lipinski definition) is 0. The molecule has 262 valence electrons. The zero-order valence-corrected chi connectivity index (χ0v) is 32.5. The van der Waals surface area contributed by atoms with E-state index in [0.717, 1.165) is 11.8 Å². The van der Waals surface area contributed by atoms with Gasteiger partial charge in [0, 0.05) is 11.8 Å². The van der Waals surface area contributed by atoms with Crippen LogP contribution in [0.3, 0.4) is 0 Å². The predicted octanol–water partition coefficient (Wildman–Crippen LogP) is 11.5. The molecule has 2 aliphatic heterocycles. The minimum atomic E-state index is -0.318. The summed E-state index contributed by atoms with van der Waals surface area (Å²) in [7, 11) is -0.624. The van der Waals surface area contributed by atoms with Gasteiger partial charge in [0.1, 0.15) is 0 Å². The minimum absolute atomic E-state index is 0.305. The SMILES string of the molecule is c1ccc2c(c1)CC[C@@H]1CP(c3ccccc3P3Cc4ccc5c(c4)C(CCC5)c4cccc5c4CC(CC5)C3)Cc3ccc4c(c3C21)CCCC4. The van der Waals surface area contributed by atoms with Crippen LogP contribution in [0.2, 0.25) is 0 Å². The molecule has 11 rings (SSSR count). The maximum Gasteiger partial charge on any atom is 0.0130 e. The van der Waals surface area contributed by atoms with E-state index < -0.39 is 0 Å². The third kappa shape index (κ3) is 5.53. The molecule has 0 radical (unpaired) electrons. The number of fused-ring (bicyclic) bond motifs is 10. The lowest BCUT2D eigenvalue weighted by Crippen LogP contribution is -2.29. The maximum atomic E-state index is 2.70. The van der Waals surface area contributed by atoms with E-state index in [4.69, 9.17) is 0 Å². The van der Waals surface area contributed by atoms with Crippen LogP contribution in [-0.2, 0) is 50.8 Å². The van der Waals surface area contributed by atoms with E-state index in [-0.39, 0.29) is 15.8 Å². The third-order valence-corrected chi connectivity index (χ3v) is 20.0. The molecule has 0 saturated carbocycles. The normalized spacial score (nSPS) is 27.2. The van der Waals surface area contributed by atoms with Crippen LogP contribution >= 0.6 is 15.8 Å². The zero-order valence-electron chi connectivity index (χ0n) is 30.8. The van der Waals surface area contributed by atoms with Crippen LogP contribution in [0.15, 0.2) is 97.1 Å². The summed E-state index contributed by atoms with van der Waals surface area (Å²) in [4.78, 5) is 0. The number of benzene rings is 5. The minimum Gasteiger partial charge on any atom is -0.0699 e. The summed E-state index contributed by atoms with van der Waals surface area (Å²) in [6.07, 6.45) is 21.0. The van der Waals surface area contributed by atoms with Gasteiger partial charge in [-0.3, -0.25) is 0 Å². The van der Waals surface area contributed by atoms with Gasteiger partial charge < -0.3 is 0 Å². The number of aryl methyl sites for hydroxylation is 4. The second kappa shape index (κ2) is 13.4. The summed E-state index contributed by atoms with van der Waals surface area (Å²) in [5, 5.41) is 3.54. The summed E-state index contributed by atoms with van der Waals surface area (Å²) in [6, 6.07) is 40.0. The molecule has 5 unspecified atom stereocenters. The van der Waals surface area contributed by atoms with E-state index in [2.05, 4.69) is 97.1 Å². The van der Waals surface area contributed by atoms with Crippen molar-refractivity contribution in [3.05, 3.63) is 164 Å². The first kappa shape index (κ1) is 32.4. The second-order valence-corrected chi connectivity index (χ2v) is 21.8. The van der Waals surface area contributed by atoms with Gasteiger partial charge in [0.15, 0.2) is 0 Å². The van der Waals surface area contributed by atoms with Gasteiger partial charge in [0.05, 0.1) is 0 Å². The summed E-state index contributed by atoms with van der Waals surface area (Å²) in [6.45, 7) is 0. The van der Waals surface area contributed by atoms with Crippen molar-refractivity contribution in [3.63, 3.8) is 0 Å². The topological polar surface area (TPSA) is 0 Å². The third-order valence-electron chi connectivity index (χ3n) is 14.4. The molecule has 0 nitrogen and oxygen atoms in total.